The van der Waals surface area contributed by atoms with E-state index in [4.69, 9.17) is 0 Å². The van der Waals surface area contributed by atoms with E-state index >= 15 is 0 Å². The van der Waals surface area contributed by atoms with Crippen LogP contribution in [0.3, 0.4) is 0 Å². The van der Waals surface area contributed by atoms with E-state index in [9.17, 15) is 9.18 Å². The molecule has 5 nitrogen and oxygen atoms in total. The number of amides is 2. The Hall–Kier alpha value is -2.37. The summed E-state index contributed by atoms with van der Waals surface area (Å²) in [5.41, 5.74) is 2.74. The van der Waals surface area contributed by atoms with Gasteiger partial charge >= 0.3 is 6.03 Å². The number of nitrogens with one attached hydrogen (secondary N) is 2. The van der Waals surface area contributed by atoms with Crippen molar-refractivity contribution in [1.29, 1.82) is 0 Å². The lowest BCUT2D eigenvalue weighted by atomic mass is 10.2. The van der Waals surface area contributed by atoms with E-state index in [1.807, 2.05) is 20.8 Å². The maximum absolute atomic E-state index is 13.7. The Bertz CT molecular complexity index is 666. The minimum atomic E-state index is -0.259. The third-order valence-electron chi connectivity index (χ3n) is 3.43. The molecule has 0 fully saturated rings. The molecule has 2 rings (SSSR count). The molecule has 0 saturated carbocycles. The Morgan fingerprint density at radius 2 is 2.05 bits per heavy atom. The Morgan fingerprint density at radius 3 is 2.73 bits per heavy atom. The van der Waals surface area contributed by atoms with Crippen molar-refractivity contribution in [2.24, 2.45) is 0 Å². The zero-order chi connectivity index (χ0) is 16.1. The number of hydrogen-bond donors (Lipinski definition) is 2. The molecule has 1 aromatic heterocycles. The summed E-state index contributed by atoms with van der Waals surface area (Å²) in [5, 5.41) is 9.95. The Balaban J connectivity index is 2.17. The lowest BCUT2D eigenvalue weighted by molar-refractivity contribution is 0.252. The largest absolute Gasteiger partial charge is 0.338 e. The van der Waals surface area contributed by atoms with Crippen molar-refractivity contribution < 1.29 is 9.18 Å². The second kappa shape index (κ2) is 7.06. The average molecular weight is 304 g/mol. The van der Waals surface area contributed by atoms with Crippen LogP contribution in [0.1, 0.15) is 30.3 Å². The molecule has 2 aromatic rings. The highest BCUT2D eigenvalue weighted by Gasteiger charge is 2.15. The number of carbonyl (C=O) groups excluding carboxylic acids is 1. The average Bonchev–Trinajstić information content (AvgIpc) is 2.75. The van der Waals surface area contributed by atoms with Crippen LogP contribution in [-0.2, 0) is 6.54 Å². The highest BCUT2D eigenvalue weighted by Crippen LogP contribution is 2.20. The minimum absolute atomic E-state index is 0.251. The van der Waals surface area contributed by atoms with Crippen LogP contribution in [0.4, 0.5) is 14.9 Å². The van der Waals surface area contributed by atoms with E-state index in [1.54, 1.807) is 22.9 Å². The predicted molar refractivity (Wildman–Crippen MR) is 84.5 cm³/mol. The fraction of sp³-hybridized carbons (Fsp3) is 0.375. The summed E-state index contributed by atoms with van der Waals surface area (Å²) < 4.78 is 15.4. The van der Waals surface area contributed by atoms with Gasteiger partial charge in [-0.15, -0.1) is 0 Å². The second-order valence-electron chi connectivity index (χ2n) is 5.18. The smallest absolute Gasteiger partial charge is 0.319 e. The number of rotatable bonds is 5. The van der Waals surface area contributed by atoms with E-state index in [2.05, 4.69) is 15.7 Å². The number of hydrogen-bond acceptors (Lipinski definition) is 2. The summed E-state index contributed by atoms with van der Waals surface area (Å²) in [5.74, 6) is -0.259. The summed E-state index contributed by atoms with van der Waals surface area (Å²) in [4.78, 5) is 11.8. The van der Waals surface area contributed by atoms with Crippen LogP contribution in [0.15, 0.2) is 24.3 Å². The maximum Gasteiger partial charge on any atom is 0.319 e. The molecule has 22 heavy (non-hydrogen) atoms. The van der Waals surface area contributed by atoms with Crippen LogP contribution in [0, 0.1) is 19.7 Å². The summed E-state index contributed by atoms with van der Waals surface area (Å²) in [6, 6.07) is 6.36. The highest BCUT2D eigenvalue weighted by molar-refractivity contribution is 5.90. The van der Waals surface area contributed by atoms with Crippen LogP contribution in [0.25, 0.3) is 0 Å². The van der Waals surface area contributed by atoms with Gasteiger partial charge in [0.05, 0.1) is 23.6 Å². The van der Waals surface area contributed by atoms with Gasteiger partial charge in [-0.2, -0.15) is 5.10 Å². The van der Waals surface area contributed by atoms with Gasteiger partial charge in [-0.3, -0.25) is 4.68 Å². The Kier molecular flexibility index (Phi) is 5.14. The van der Waals surface area contributed by atoms with Crippen LogP contribution < -0.4 is 10.6 Å². The van der Waals surface area contributed by atoms with Gasteiger partial charge in [-0.1, -0.05) is 25.1 Å². The van der Waals surface area contributed by atoms with Crippen molar-refractivity contribution in [3.8, 4) is 0 Å². The molecular weight excluding hydrogens is 283 g/mol. The van der Waals surface area contributed by atoms with E-state index < -0.39 is 0 Å². The number of halogens is 1. The van der Waals surface area contributed by atoms with E-state index in [0.717, 1.165) is 12.1 Å². The number of anilines is 1. The van der Waals surface area contributed by atoms with Gasteiger partial charge in [-0.25, -0.2) is 9.18 Å². The molecule has 1 aromatic carbocycles. The molecule has 6 heteroatoms. The van der Waals surface area contributed by atoms with Gasteiger partial charge in [0.25, 0.3) is 0 Å². The summed E-state index contributed by atoms with van der Waals surface area (Å²) in [7, 11) is 0. The molecule has 1 heterocycles. The standard InChI is InChI=1S/C16H21FN4O/c1-4-9-18-16(22)19-15-11(2)20-21(12(15)3)10-13-7-5-6-8-14(13)17/h5-8H,4,9-10H2,1-3H3,(H2,18,19,22). The molecular formula is C16H21FN4O. The zero-order valence-corrected chi connectivity index (χ0v) is 13.1. The first kappa shape index (κ1) is 16.0. The topological polar surface area (TPSA) is 59.0 Å². The number of urea groups is 1. The van der Waals surface area contributed by atoms with Crippen molar-refractivity contribution >= 4 is 11.7 Å². The highest BCUT2D eigenvalue weighted by atomic mass is 19.1. The molecule has 2 amide bonds. The second-order valence-corrected chi connectivity index (χ2v) is 5.18. The van der Waals surface area contributed by atoms with E-state index in [0.29, 0.717) is 30.0 Å². The maximum atomic E-state index is 13.7. The lowest BCUT2D eigenvalue weighted by Gasteiger charge is -2.08. The van der Waals surface area contributed by atoms with Crippen LogP contribution in [0.5, 0.6) is 0 Å². The van der Waals surface area contributed by atoms with Crippen LogP contribution in [0.2, 0.25) is 0 Å². The molecule has 0 aliphatic carbocycles. The number of aromatic nitrogens is 2. The molecule has 0 radical (unpaired) electrons. The van der Waals surface area contributed by atoms with Gasteiger partial charge in [0.15, 0.2) is 0 Å². The predicted octanol–water partition coefficient (Wildman–Crippen LogP) is 3.22. The van der Waals surface area contributed by atoms with Crippen molar-refractivity contribution in [1.82, 2.24) is 15.1 Å². The molecule has 0 saturated heterocycles. The molecule has 0 aliphatic heterocycles. The Morgan fingerprint density at radius 1 is 1.32 bits per heavy atom. The molecule has 0 aliphatic rings. The minimum Gasteiger partial charge on any atom is -0.338 e. The van der Waals surface area contributed by atoms with Gasteiger partial charge in [0, 0.05) is 12.1 Å². The molecule has 0 atom stereocenters. The van der Waals surface area contributed by atoms with Crippen molar-refractivity contribution in [2.45, 2.75) is 33.7 Å². The van der Waals surface area contributed by atoms with Gasteiger partial charge < -0.3 is 10.6 Å². The monoisotopic (exact) mass is 304 g/mol. The number of aryl methyl sites for hydroxylation is 1. The first-order valence-corrected chi connectivity index (χ1v) is 7.35. The molecule has 118 valence electrons. The first-order valence-electron chi connectivity index (χ1n) is 7.35. The van der Waals surface area contributed by atoms with Gasteiger partial charge in [-0.05, 0) is 26.3 Å². The van der Waals surface area contributed by atoms with Gasteiger partial charge in [0.2, 0.25) is 0 Å². The summed E-state index contributed by atoms with van der Waals surface area (Å²) >= 11 is 0. The summed E-state index contributed by atoms with van der Waals surface area (Å²) in [6.45, 7) is 6.62. The number of benzene rings is 1. The number of carbonyl (C=O) groups is 1. The van der Waals surface area contributed by atoms with Gasteiger partial charge in [0.1, 0.15) is 5.82 Å². The first-order chi connectivity index (χ1) is 10.5. The van der Waals surface area contributed by atoms with E-state index in [1.165, 1.54) is 6.07 Å². The van der Waals surface area contributed by atoms with Crippen molar-refractivity contribution in [3.05, 3.63) is 47.0 Å². The van der Waals surface area contributed by atoms with Crippen LogP contribution in [-0.4, -0.2) is 22.4 Å². The van der Waals surface area contributed by atoms with Crippen LogP contribution >= 0.6 is 0 Å². The Labute approximate surface area is 129 Å². The normalized spacial score (nSPS) is 10.5. The third kappa shape index (κ3) is 3.63. The third-order valence-corrected chi connectivity index (χ3v) is 3.43. The molecule has 2 N–H and O–H groups in total. The zero-order valence-electron chi connectivity index (χ0n) is 13.1. The summed E-state index contributed by atoms with van der Waals surface area (Å²) in [6.07, 6.45) is 0.873. The fourth-order valence-electron chi connectivity index (χ4n) is 2.22. The fourth-order valence-corrected chi connectivity index (χ4v) is 2.22. The molecule has 0 spiro atoms. The van der Waals surface area contributed by atoms with E-state index in [-0.39, 0.29) is 11.8 Å². The molecule has 0 unspecified atom stereocenters. The van der Waals surface area contributed by atoms with Crippen molar-refractivity contribution in [2.75, 3.05) is 11.9 Å². The SMILES string of the molecule is CCCNC(=O)Nc1c(C)nn(Cc2ccccc2F)c1C. The number of nitrogens with zero attached hydrogens (tertiary/aromatic N) is 2. The molecule has 0 bridgehead atoms. The quantitative estimate of drug-likeness (QED) is 0.891. The van der Waals surface area contributed by atoms with Crippen molar-refractivity contribution in [3.63, 3.8) is 0 Å². The lowest BCUT2D eigenvalue weighted by Crippen LogP contribution is -2.29.